The van der Waals surface area contributed by atoms with Gasteiger partial charge in [0.25, 0.3) is 5.91 Å². The zero-order chi connectivity index (χ0) is 20.8. The Morgan fingerprint density at radius 2 is 1.86 bits per heavy atom. The summed E-state index contributed by atoms with van der Waals surface area (Å²) in [6.45, 7) is 1.84. The Hall–Kier alpha value is -3.35. The minimum atomic E-state index is -0.597. The van der Waals surface area contributed by atoms with E-state index >= 15 is 0 Å². The van der Waals surface area contributed by atoms with E-state index in [9.17, 15) is 14.4 Å². The van der Waals surface area contributed by atoms with Gasteiger partial charge in [-0.3, -0.25) is 14.4 Å². The molecule has 2 amide bonds. The quantitative estimate of drug-likeness (QED) is 0.728. The van der Waals surface area contributed by atoms with E-state index in [1.54, 1.807) is 42.3 Å². The highest BCUT2D eigenvalue weighted by atomic mass is 16.5. The third-order valence-electron chi connectivity index (χ3n) is 4.86. The number of amides is 2. The lowest BCUT2D eigenvalue weighted by molar-refractivity contribution is -0.151. The number of methoxy groups -OCH3 is 1. The number of carbonyl (C=O) groups excluding carboxylic acids is 3. The average Bonchev–Trinajstić information content (AvgIpc) is 3.14. The van der Waals surface area contributed by atoms with E-state index in [2.05, 4.69) is 5.32 Å². The maximum atomic E-state index is 12.3. The minimum Gasteiger partial charge on any atom is -0.497 e. The molecule has 1 aliphatic heterocycles. The molecule has 1 atom stereocenters. The Labute approximate surface area is 169 Å². The van der Waals surface area contributed by atoms with Gasteiger partial charge in [0.1, 0.15) is 5.75 Å². The fourth-order valence-electron chi connectivity index (χ4n) is 3.27. The largest absolute Gasteiger partial charge is 0.497 e. The number of anilines is 2. The fraction of sp³-hybridized carbons (Fsp3) is 0.318. The Morgan fingerprint density at radius 3 is 2.55 bits per heavy atom. The average molecular weight is 396 g/mol. The summed E-state index contributed by atoms with van der Waals surface area (Å²) in [6, 6.07) is 14.5. The van der Waals surface area contributed by atoms with E-state index in [0.717, 1.165) is 12.0 Å². The van der Waals surface area contributed by atoms with Crippen molar-refractivity contribution < 1.29 is 23.9 Å². The molecule has 0 saturated carbocycles. The van der Waals surface area contributed by atoms with E-state index < -0.39 is 17.8 Å². The zero-order valence-electron chi connectivity index (χ0n) is 16.5. The van der Waals surface area contributed by atoms with Crippen LogP contribution in [0.25, 0.3) is 0 Å². The van der Waals surface area contributed by atoms with E-state index in [0.29, 0.717) is 17.1 Å². The van der Waals surface area contributed by atoms with Crippen LogP contribution < -0.4 is 15.0 Å². The van der Waals surface area contributed by atoms with Crippen molar-refractivity contribution in [1.82, 2.24) is 0 Å². The lowest BCUT2D eigenvalue weighted by atomic mass is 10.1. The molecule has 7 nitrogen and oxygen atoms in total. The molecule has 7 heteroatoms. The molecule has 3 rings (SSSR count). The molecule has 1 fully saturated rings. The summed E-state index contributed by atoms with van der Waals surface area (Å²) in [5.74, 6) is -1.02. The Kier molecular flexibility index (Phi) is 6.49. The van der Waals surface area contributed by atoms with Gasteiger partial charge in [0.15, 0.2) is 6.61 Å². The number of aryl methyl sites for hydroxylation is 1. The molecular weight excluding hydrogens is 372 g/mol. The molecule has 152 valence electrons. The number of benzene rings is 2. The van der Waals surface area contributed by atoms with Gasteiger partial charge in [-0.05, 0) is 42.3 Å². The number of ether oxygens (including phenoxy) is 2. The van der Waals surface area contributed by atoms with Crippen molar-refractivity contribution in [2.45, 2.75) is 19.8 Å². The van der Waals surface area contributed by atoms with Crippen LogP contribution in [0.15, 0.2) is 48.5 Å². The van der Waals surface area contributed by atoms with E-state index in [1.807, 2.05) is 25.1 Å². The number of nitrogens with zero attached hydrogens (tertiary/aromatic N) is 1. The molecule has 1 heterocycles. The normalized spacial score (nSPS) is 15.9. The molecular formula is C22H24N2O5. The third kappa shape index (κ3) is 4.93. The summed E-state index contributed by atoms with van der Waals surface area (Å²) < 4.78 is 10.3. The summed E-state index contributed by atoms with van der Waals surface area (Å²) in [4.78, 5) is 38.3. The second kappa shape index (κ2) is 9.23. The third-order valence-corrected chi connectivity index (χ3v) is 4.86. The molecule has 0 spiro atoms. The van der Waals surface area contributed by atoms with Crippen molar-refractivity contribution in [3.05, 3.63) is 54.1 Å². The van der Waals surface area contributed by atoms with Gasteiger partial charge in [0.05, 0.1) is 13.0 Å². The minimum absolute atomic E-state index is 0.0607. The zero-order valence-corrected chi connectivity index (χ0v) is 16.5. The van der Waals surface area contributed by atoms with E-state index in [4.69, 9.17) is 9.47 Å². The summed E-state index contributed by atoms with van der Waals surface area (Å²) in [5.41, 5.74) is 2.40. The number of hydrogen-bond acceptors (Lipinski definition) is 5. The molecule has 0 aliphatic carbocycles. The number of nitrogens with one attached hydrogen (secondary N) is 1. The van der Waals surface area contributed by atoms with Crippen molar-refractivity contribution in [2.75, 3.05) is 30.5 Å². The Balaban J connectivity index is 1.53. The predicted octanol–water partition coefficient (Wildman–Crippen LogP) is 2.79. The molecule has 0 aromatic heterocycles. The molecule has 1 N–H and O–H groups in total. The Morgan fingerprint density at radius 1 is 1.14 bits per heavy atom. The predicted molar refractivity (Wildman–Crippen MR) is 109 cm³/mol. The van der Waals surface area contributed by atoms with Crippen molar-refractivity contribution >= 4 is 29.2 Å². The summed E-state index contributed by atoms with van der Waals surface area (Å²) in [7, 11) is 1.57. The summed E-state index contributed by atoms with van der Waals surface area (Å²) in [5, 5.41) is 2.76. The topological polar surface area (TPSA) is 84.9 Å². The molecule has 0 radical (unpaired) electrons. The summed E-state index contributed by atoms with van der Waals surface area (Å²) in [6.07, 6.45) is 0.840. The molecule has 2 aromatic rings. The van der Waals surface area contributed by atoms with Crippen LogP contribution >= 0.6 is 0 Å². The van der Waals surface area contributed by atoms with Crippen molar-refractivity contribution in [3.8, 4) is 5.75 Å². The number of hydrogen-bond donors (Lipinski definition) is 1. The van der Waals surface area contributed by atoms with Crippen LogP contribution in [0.4, 0.5) is 11.4 Å². The first kappa shape index (κ1) is 20.4. The number of carbonyl (C=O) groups is 3. The number of rotatable bonds is 7. The first-order valence-corrected chi connectivity index (χ1v) is 9.50. The maximum Gasteiger partial charge on any atom is 0.311 e. The molecule has 1 aliphatic rings. The van der Waals surface area contributed by atoms with Gasteiger partial charge in [0.2, 0.25) is 5.91 Å². The van der Waals surface area contributed by atoms with Crippen LogP contribution in [0.2, 0.25) is 0 Å². The highest BCUT2D eigenvalue weighted by Gasteiger charge is 2.36. The Bertz CT molecular complexity index is 894. The second-order valence-corrected chi connectivity index (χ2v) is 6.77. The van der Waals surface area contributed by atoms with E-state index in [1.165, 1.54) is 0 Å². The van der Waals surface area contributed by atoms with Crippen LogP contribution in [0.5, 0.6) is 5.75 Å². The van der Waals surface area contributed by atoms with Crippen LogP contribution in [0.3, 0.4) is 0 Å². The molecule has 0 bridgehead atoms. The van der Waals surface area contributed by atoms with Gasteiger partial charge in [-0.1, -0.05) is 25.1 Å². The van der Waals surface area contributed by atoms with Crippen LogP contribution in [-0.4, -0.2) is 38.0 Å². The molecule has 29 heavy (non-hydrogen) atoms. The van der Waals surface area contributed by atoms with Crippen LogP contribution in [0.1, 0.15) is 18.9 Å². The SMILES string of the molecule is CCc1ccccc1NC(=O)COC(=O)[C@H]1CC(=O)N(c2ccc(OC)cc2)C1. The summed E-state index contributed by atoms with van der Waals surface area (Å²) >= 11 is 0. The van der Waals surface area contributed by atoms with Gasteiger partial charge < -0.3 is 19.7 Å². The maximum absolute atomic E-state index is 12.3. The number of esters is 1. The lowest BCUT2D eigenvalue weighted by Crippen LogP contribution is -2.28. The first-order valence-electron chi connectivity index (χ1n) is 9.50. The molecule has 1 saturated heterocycles. The first-order chi connectivity index (χ1) is 14.0. The van der Waals surface area contributed by atoms with Crippen LogP contribution in [-0.2, 0) is 25.5 Å². The highest BCUT2D eigenvalue weighted by molar-refractivity contribution is 6.00. The van der Waals surface area contributed by atoms with Crippen molar-refractivity contribution in [3.63, 3.8) is 0 Å². The van der Waals surface area contributed by atoms with Gasteiger partial charge >= 0.3 is 5.97 Å². The smallest absolute Gasteiger partial charge is 0.311 e. The molecule has 0 unspecified atom stereocenters. The lowest BCUT2D eigenvalue weighted by Gasteiger charge is -2.17. The van der Waals surface area contributed by atoms with Gasteiger partial charge in [-0.2, -0.15) is 0 Å². The van der Waals surface area contributed by atoms with E-state index in [-0.39, 0.29) is 25.5 Å². The van der Waals surface area contributed by atoms with Crippen molar-refractivity contribution in [2.24, 2.45) is 5.92 Å². The van der Waals surface area contributed by atoms with Crippen molar-refractivity contribution in [1.29, 1.82) is 0 Å². The highest BCUT2D eigenvalue weighted by Crippen LogP contribution is 2.27. The van der Waals surface area contributed by atoms with Crippen LogP contribution in [0, 0.1) is 5.92 Å². The van der Waals surface area contributed by atoms with Gasteiger partial charge in [-0.25, -0.2) is 0 Å². The monoisotopic (exact) mass is 396 g/mol. The fourth-order valence-corrected chi connectivity index (χ4v) is 3.27. The molecule has 2 aromatic carbocycles. The number of para-hydroxylation sites is 1. The van der Waals surface area contributed by atoms with Gasteiger partial charge in [0, 0.05) is 24.3 Å². The second-order valence-electron chi connectivity index (χ2n) is 6.77. The van der Waals surface area contributed by atoms with Gasteiger partial charge in [-0.15, -0.1) is 0 Å². The standard InChI is InChI=1S/C22H24N2O5/c1-3-15-6-4-5-7-19(15)23-20(25)14-29-22(27)16-12-21(26)24(13-16)17-8-10-18(28-2)11-9-17/h4-11,16H,3,12-14H2,1-2H3,(H,23,25)/t16-/m0/s1.